The fraction of sp³-hybridized carbons (Fsp3) is 0.722. The van der Waals surface area contributed by atoms with Gasteiger partial charge in [0, 0.05) is 18.1 Å². The van der Waals surface area contributed by atoms with Gasteiger partial charge in [0.1, 0.15) is 6.54 Å². The number of unbranched alkanes of at least 4 members (excludes halogenated alkanes) is 8. The van der Waals surface area contributed by atoms with Crippen LogP contribution in [0, 0.1) is 6.92 Å². The van der Waals surface area contributed by atoms with Gasteiger partial charge in [0.05, 0.1) is 6.26 Å². The number of rotatable bonds is 10. The monoisotopic (exact) mass is 344 g/mol. The van der Waals surface area contributed by atoms with Crippen molar-refractivity contribution in [1.29, 1.82) is 0 Å². The minimum atomic E-state index is -3.67. The average molecular weight is 345 g/mol. The van der Waals surface area contributed by atoms with Crippen molar-refractivity contribution in [2.75, 3.05) is 6.26 Å². The van der Waals surface area contributed by atoms with E-state index in [1.165, 1.54) is 69.9 Å². The molecule has 23 heavy (non-hydrogen) atoms. The zero-order valence-electron chi connectivity index (χ0n) is 15.0. The van der Waals surface area contributed by atoms with E-state index in [-0.39, 0.29) is 0 Å². The third-order valence-electron chi connectivity index (χ3n) is 3.53. The summed E-state index contributed by atoms with van der Waals surface area (Å²) in [6.45, 7) is 5.62. The van der Waals surface area contributed by atoms with Crippen LogP contribution in [0.1, 0.15) is 70.3 Å². The predicted molar refractivity (Wildman–Crippen MR) is 96.1 cm³/mol. The second-order valence-electron chi connectivity index (χ2n) is 6.18. The Morgan fingerprint density at radius 3 is 1.96 bits per heavy atom. The molecule has 5 heteroatoms. The van der Waals surface area contributed by atoms with Crippen molar-refractivity contribution in [3.05, 3.63) is 30.1 Å². The fourth-order valence-corrected chi connectivity index (χ4v) is 2.40. The van der Waals surface area contributed by atoms with Crippen LogP contribution in [0.5, 0.6) is 0 Å². The molecule has 0 radical (unpaired) electrons. The maximum atomic E-state index is 9.19. The molecular weight excluding hydrogens is 310 g/mol. The molecule has 1 aromatic rings. The van der Waals surface area contributed by atoms with E-state index >= 15 is 0 Å². The van der Waals surface area contributed by atoms with Gasteiger partial charge in [-0.2, -0.15) is 8.42 Å². The highest BCUT2D eigenvalue weighted by atomic mass is 32.2. The standard InChI is InChI=1S/C17H30N.CH4O3S/c1-3-4-5-6-7-8-9-10-11-14-18-15-12-13-17(2)16-18;1-5(2,3)4/h12-13,15-16H,3-11,14H2,1-2H3;1H3,(H,2,3,4)/q+1;. The van der Waals surface area contributed by atoms with E-state index in [9.17, 15) is 8.42 Å². The van der Waals surface area contributed by atoms with E-state index in [4.69, 9.17) is 4.55 Å². The van der Waals surface area contributed by atoms with E-state index in [2.05, 4.69) is 42.9 Å². The predicted octanol–water partition coefficient (Wildman–Crippen LogP) is 4.32. The van der Waals surface area contributed by atoms with E-state index in [0.29, 0.717) is 6.26 Å². The van der Waals surface area contributed by atoms with Gasteiger partial charge in [0.2, 0.25) is 0 Å². The lowest BCUT2D eigenvalue weighted by Crippen LogP contribution is -2.32. The highest BCUT2D eigenvalue weighted by Gasteiger charge is 1.99. The van der Waals surface area contributed by atoms with Crippen LogP contribution in [0.3, 0.4) is 0 Å². The normalized spacial score (nSPS) is 11.0. The lowest BCUT2D eigenvalue weighted by Gasteiger charge is -2.01. The summed E-state index contributed by atoms with van der Waals surface area (Å²) >= 11 is 0. The number of hydrogen-bond donors (Lipinski definition) is 1. The molecule has 1 aromatic heterocycles. The summed E-state index contributed by atoms with van der Waals surface area (Å²) in [5.74, 6) is 0. The molecule has 1 heterocycles. The van der Waals surface area contributed by atoms with Crippen molar-refractivity contribution in [2.45, 2.75) is 78.2 Å². The lowest BCUT2D eigenvalue weighted by atomic mass is 10.1. The molecule has 0 saturated carbocycles. The summed E-state index contributed by atoms with van der Waals surface area (Å²) in [6.07, 6.45) is 17.8. The number of nitrogens with zero attached hydrogens (tertiary/aromatic N) is 1. The Labute approximate surface area is 142 Å². The molecule has 0 fully saturated rings. The van der Waals surface area contributed by atoms with Gasteiger partial charge in [0.15, 0.2) is 12.4 Å². The molecule has 134 valence electrons. The molecule has 0 aliphatic rings. The molecular formula is C18H34NO3S+. The van der Waals surface area contributed by atoms with Crippen LogP contribution in [0.2, 0.25) is 0 Å². The highest BCUT2D eigenvalue weighted by Crippen LogP contribution is 2.09. The summed E-state index contributed by atoms with van der Waals surface area (Å²) in [7, 11) is -3.67. The number of aryl methyl sites for hydroxylation is 2. The molecule has 0 amide bonds. The molecule has 0 spiro atoms. The Kier molecular flexibility index (Phi) is 12.9. The molecule has 0 aliphatic heterocycles. The Hall–Kier alpha value is -0.940. The summed E-state index contributed by atoms with van der Waals surface area (Å²) in [5.41, 5.74) is 1.36. The van der Waals surface area contributed by atoms with Gasteiger partial charge in [-0.3, -0.25) is 4.55 Å². The van der Waals surface area contributed by atoms with Crippen LogP contribution >= 0.6 is 0 Å². The quantitative estimate of drug-likeness (QED) is 0.391. The smallest absolute Gasteiger partial charge is 0.261 e. The highest BCUT2D eigenvalue weighted by molar-refractivity contribution is 7.85. The maximum Gasteiger partial charge on any atom is 0.261 e. The van der Waals surface area contributed by atoms with Crippen LogP contribution in [0.25, 0.3) is 0 Å². The second-order valence-corrected chi connectivity index (χ2v) is 7.65. The molecule has 1 rings (SSSR count). The van der Waals surface area contributed by atoms with Crippen LogP contribution < -0.4 is 4.57 Å². The molecule has 1 N–H and O–H groups in total. The number of hydrogen-bond acceptors (Lipinski definition) is 2. The summed E-state index contributed by atoms with van der Waals surface area (Å²) in [5, 5.41) is 0. The van der Waals surface area contributed by atoms with Gasteiger partial charge in [-0.05, 0) is 19.4 Å². The van der Waals surface area contributed by atoms with Gasteiger partial charge >= 0.3 is 0 Å². The first-order valence-electron chi connectivity index (χ1n) is 8.71. The minimum Gasteiger partial charge on any atom is -0.286 e. The van der Waals surface area contributed by atoms with Crippen molar-refractivity contribution in [2.24, 2.45) is 0 Å². The Morgan fingerprint density at radius 1 is 1.00 bits per heavy atom. The fourth-order valence-electron chi connectivity index (χ4n) is 2.40. The largest absolute Gasteiger partial charge is 0.286 e. The first-order valence-corrected chi connectivity index (χ1v) is 10.6. The maximum absolute atomic E-state index is 9.19. The lowest BCUT2D eigenvalue weighted by molar-refractivity contribution is -0.697. The van der Waals surface area contributed by atoms with Crippen molar-refractivity contribution < 1.29 is 17.5 Å². The van der Waals surface area contributed by atoms with E-state index in [1.807, 2.05) is 0 Å². The second kappa shape index (κ2) is 13.5. The van der Waals surface area contributed by atoms with Crippen molar-refractivity contribution in [1.82, 2.24) is 0 Å². The van der Waals surface area contributed by atoms with Crippen molar-refractivity contribution >= 4 is 10.1 Å². The summed E-state index contributed by atoms with van der Waals surface area (Å²) in [4.78, 5) is 0. The number of pyridine rings is 1. The van der Waals surface area contributed by atoms with Crippen LogP contribution in [0.15, 0.2) is 24.5 Å². The minimum absolute atomic E-state index is 0.715. The van der Waals surface area contributed by atoms with Gasteiger partial charge in [-0.1, -0.05) is 51.9 Å². The molecule has 0 atom stereocenters. The van der Waals surface area contributed by atoms with Crippen LogP contribution in [-0.4, -0.2) is 19.2 Å². The third kappa shape index (κ3) is 19.0. The molecule has 0 aliphatic carbocycles. The van der Waals surface area contributed by atoms with Gasteiger partial charge in [-0.25, -0.2) is 4.57 Å². The molecule has 0 unspecified atom stereocenters. The van der Waals surface area contributed by atoms with E-state index < -0.39 is 10.1 Å². The SMILES string of the molecule is CCCCCCCCCCC[n+]1cccc(C)c1.CS(=O)(=O)O. The topological polar surface area (TPSA) is 58.2 Å². The molecule has 4 nitrogen and oxygen atoms in total. The molecule has 0 aromatic carbocycles. The zero-order valence-corrected chi connectivity index (χ0v) is 15.8. The molecule has 0 bridgehead atoms. The number of aromatic nitrogens is 1. The summed E-state index contributed by atoms with van der Waals surface area (Å²) < 4.78 is 28.2. The molecule has 0 saturated heterocycles. The van der Waals surface area contributed by atoms with E-state index in [1.54, 1.807) is 0 Å². The van der Waals surface area contributed by atoms with Crippen LogP contribution in [0.4, 0.5) is 0 Å². The van der Waals surface area contributed by atoms with Gasteiger partial charge in [0.25, 0.3) is 10.1 Å². The Balaban J connectivity index is 0.000000841. The first-order chi connectivity index (χ1) is 10.8. The summed E-state index contributed by atoms with van der Waals surface area (Å²) in [6, 6.07) is 4.30. The Morgan fingerprint density at radius 2 is 1.48 bits per heavy atom. The van der Waals surface area contributed by atoms with Crippen molar-refractivity contribution in [3.63, 3.8) is 0 Å². The van der Waals surface area contributed by atoms with Crippen molar-refractivity contribution in [3.8, 4) is 0 Å². The Bertz CT molecular complexity index is 493. The van der Waals surface area contributed by atoms with Gasteiger partial charge in [-0.15, -0.1) is 0 Å². The average Bonchev–Trinajstić information content (AvgIpc) is 2.44. The van der Waals surface area contributed by atoms with Crippen LogP contribution in [-0.2, 0) is 16.7 Å². The third-order valence-corrected chi connectivity index (χ3v) is 3.53. The zero-order chi connectivity index (χ0) is 17.6. The van der Waals surface area contributed by atoms with Gasteiger partial charge < -0.3 is 0 Å². The van der Waals surface area contributed by atoms with E-state index in [0.717, 1.165) is 0 Å². The first kappa shape index (κ1) is 22.1.